The van der Waals surface area contributed by atoms with Crippen LogP contribution in [0.15, 0.2) is 53.6 Å². The predicted molar refractivity (Wildman–Crippen MR) is 84.9 cm³/mol. The minimum atomic E-state index is -0.811. The van der Waals surface area contributed by atoms with Crippen molar-refractivity contribution in [1.82, 2.24) is 4.98 Å². The first-order valence-electron chi connectivity index (χ1n) is 6.77. The van der Waals surface area contributed by atoms with E-state index in [1.54, 1.807) is 0 Å². The Morgan fingerprint density at radius 2 is 1.57 bits per heavy atom. The highest BCUT2D eigenvalue weighted by Crippen LogP contribution is 2.51. The maximum atomic E-state index is 13.0. The molecule has 0 amide bonds. The number of rotatable bonds is 0. The van der Waals surface area contributed by atoms with Crippen LogP contribution in [-0.4, -0.2) is 15.8 Å². The summed E-state index contributed by atoms with van der Waals surface area (Å²) in [5, 5.41) is 8.59. The van der Waals surface area contributed by atoms with E-state index in [1.807, 2.05) is 48.5 Å². The third-order valence-electron chi connectivity index (χ3n) is 4.02. The molecule has 0 saturated heterocycles. The molecule has 1 spiro atoms. The smallest absolute Gasteiger partial charge is 0.228 e. The Balaban J connectivity index is 1.66. The van der Waals surface area contributed by atoms with Gasteiger partial charge in [0.15, 0.2) is 0 Å². The van der Waals surface area contributed by atoms with Gasteiger partial charge in [-0.25, -0.2) is 0 Å². The zero-order chi connectivity index (χ0) is 14.0. The van der Waals surface area contributed by atoms with Gasteiger partial charge in [-0.1, -0.05) is 30.3 Å². The Kier molecular flexibility index (Phi) is 1.94. The van der Waals surface area contributed by atoms with Gasteiger partial charge in [0.25, 0.3) is 0 Å². The maximum Gasteiger partial charge on any atom is 0.228 e. The number of H-pyrrole nitrogens is 1. The Hall–Kier alpha value is -2.40. The monoisotopic (exact) mass is 293 g/mol. The molecule has 5 heteroatoms. The number of carbonyl (C=O) groups excluding carboxylic acids is 1. The molecule has 102 valence electrons. The third-order valence-corrected chi connectivity index (χ3v) is 5.23. The highest BCUT2D eigenvalue weighted by molar-refractivity contribution is 8.02. The molecule has 4 nitrogen and oxygen atoms in total. The van der Waals surface area contributed by atoms with Crippen molar-refractivity contribution >= 4 is 39.8 Å². The maximum absolute atomic E-state index is 13.0. The molecule has 1 aromatic heterocycles. The second-order valence-electron chi connectivity index (χ2n) is 5.28. The first-order chi connectivity index (χ1) is 10.3. The number of aromatic nitrogens is 1. The number of carbonyl (C=O) groups is 1. The van der Waals surface area contributed by atoms with Crippen molar-refractivity contribution in [3.8, 4) is 0 Å². The summed E-state index contributed by atoms with van der Waals surface area (Å²) in [6.45, 7) is 0. The lowest BCUT2D eigenvalue weighted by molar-refractivity contribution is 0.0972. The number of para-hydroxylation sites is 3. The first kappa shape index (κ1) is 11.3. The van der Waals surface area contributed by atoms with Crippen LogP contribution in [0.25, 0.3) is 10.9 Å². The molecule has 0 saturated carbocycles. The number of fused-ring (bicyclic) bond motifs is 4. The number of hydrogen-bond acceptors (Lipinski definition) is 4. The predicted octanol–water partition coefficient (Wildman–Crippen LogP) is 3.65. The lowest BCUT2D eigenvalue weighted by Gasteiger charge is -2.22. The topological polar surface area (TPSA) is 56.9 Å². The summed E-state index contributed by atoms with van der Waals surface area (Å²) in [7, 11) is 0. The van der Waals surface area contributed by atoms with E-state index in [-0.39, 0.29) is 5.78 Å². The zero-order valence-corrected chi connectivity index (χ0v) is 11.8. The number of thioether (sulfide) groups is 1. The van der Waals surface area contributed by atoms with Gasteiger partial charge in [-0.05, 0) is 30.0 Å². The van der Waals surface area contributed by atoms with E-state index in [0.29, 0.717) is 0 Å². The van der Waals surface area contributed by atoms with Gasteiger partial charge >= 0.3 is 0 Å². The van der Waals surface area contributed by atoms with Gasteiger partial charge in [0.05, 0.1) is 22.0 Å². The van der Waals surface area contributed by atoms with Crippen LogP contribution in [0.4, 0.5) is 11.4 Å². The van der Waals surface area contributed by atoms with Crippen molar-refractivity contribution in [3.63, 3.8) is 0 Å². The van der Waals surface area contributed by atoms with E-state index in [0.717, 1.165) is 32.9 Å². The summed E-state index contributed by atoms with van der Waals surface area (Å²) in [5.41, 5.74) is 3.72. The summed E-state index contributed by atoms with van der Waals surface area (Å²) in [5.74, 6) is 0.0798. The fraction of sp³-hybridized carbons (Fsp3) is 0.0625. The molecule has 0 bridgehead atoms. The van der Waals surface area contributed by atoms with Gasteiger partial charge in [0, 0.05) is 10.9 Å². The Labute approximate surface area is 124 Å². The van der Waals surface area contributed by atoms with Crippen molar-refractivity contribution in [2.45, 2.75) is 10.0 Å². The molecule has 0 atom stereocenters. The normalized spacial score (nSPS) is 17.6. The van der Waals surface area contributed by atoms with Crippen LogP contribution in [0.3, 0.4) is 0 Å². The van der Waals surface area contributed by atoms with Crippen molar-refractivity contribution in [1.29, 1.82) is 0 Å². The van der Waals surface area contributed by atoms with Crippen LogP contribution in [0.5, 0.6) is 0 Å². The molecule has 3 heterocycles. The van der Waals surface area contributed by atoms with E-state index in [9.17, 15) is 4.79 Å². The third kappa shape index (κ3) is 1.34. The Morgan fingerprint density at radius 1 is 0.905 bits per heavy atom. The van der Waals surface area contributed by atoms with E-state index in [4.69, 9.17) is 0 Å². The molecule has 2 aliphatic heterocycles. The highest BCUT2D eigenvalue weighted by atomic mass is 32.2. The molecule has 3 aromatic rings. The highest BCUT2D eigenvalue weighted by Gasteiger charge is 2.52. The second-order valence-corrected chi connectivity index (χ2v) is 6.51. The quantitative estimate of drug-likeness (QED) is 0.592. The second kappa shape index (κ2) is 3.62. The van der Waals surface area contributed by atoms with Gasteiger partial charge in [-0.3, -0.25) is 4.79 Å². The molecule has 0 fully saturated rings. The molecule has 3 N–H and O–H groups in total. The van der Waals surface area contributed by atoms with E-state index >= 15 is 0 Å². The SMILES string of the molecule is O=C1c2c([nH]c3ccccc23)SC12Nc1ccccc1N2. The van der Waals surface area contributed by atoms with Gasteiger partial charge < -0.3 is 15.6 Å². The fourth-order valence-electron chi connectivity index (χ4n) is 3.07. The van der Waals surface area contributed by atoms with E-state index in [1.165, 1.54) is 11.8 Å². The van der Waals surface area contributed by atoms with Gasteiger partial charge in [0.1, 0.15) is 0 Å². The van der Waals surface area contributed by atoms with Crippen LogP contribution >= 0.6 is 11.8 Å². The molecular formula is C16H11N3OS. The molecule has 0 aliphatic carbocycles. The first-order valence-corrected chi connectivity index (χ1v) is 7.58. The number of benzene rings is 2. The minimum Gasteiger partial charge on any atom is -0.349 e. The minimum absolute atomic E-state index is 0.0798. The molecule has 2 aromatic carbocycles. The van der Waals surface area contributed by atoms with Crippen molar-refractivity contribution in [3.05, 3.63) is 54.1 Å². The summed E-state index contributed by atoms with van der Waals surface area (Å²) < 4.78 is 0. The molecule has 21 heavy (non-hydrogen) atoms. The number of Topliss-reactive ketones (excluding diaryl/α,β-unsaturated/α-hetero) is 1. The van der Waals surface area contributed by atoms with Gasteiger partial charge in [-0.15, -0.1) is 0 Å². The van der Waals surface area contributed by atoms with Crippen LogP contribution < -0.4 is 10.6 Å². The molecule has 0 radical (unpaired) electrons. The average molecular weight is 293 g/mol. The molecule has 5 rings (SSSR count). The van der Waals surface area contributed by atoms with Crippen LogP contribution in [0.1, 0.15) is 10.4 Å². The zero-order valence-electron chi connectivity index (χ0n) is 10.9. The average Bonchev–Trinajstić information content (AvgIpc) is 3.11. The van der Waals surface area contributed by atoms with Crippen LogP contribution in [0, 0.1) is 0 Å². The Bertz CT molecular complexity index is 890. The van der Waals surface area contributed by atoms with Crippen LogP contribution in [-0.2, 0) is 0 Å². The van der Waals surface area contributed by atoms with Crippen molar-refractivity contribution < 1.29 is 4.79 Å². The molecular weight excluding hydrogens is 282 g/mol. The number of ketones is 1. The van der Waals surface area contributed by atoms with E-state index < -0.39 is 4.99 Å². The number of anilines is 2. The molecule has 0 unspecified atom stereocenters. The van der Waals surface area contributed by atoms with Crippen LogP contribution in [0.2, 0.25) is 0 Å². The van der Waals surface area contributed by atoms with Gasteiger partial charge in [-0.2, -0.15) is 0 Å². The lowest BCUT2D eigenvalue weighted by Crippen LogP contribution is -2.43. The summed E-state index contributed by atoms with van der Waals surface area (Å²) in [4.78, 5) is 15.5. The Morgan fingerprint density at radius 3 is 2.33 bits per heavy atom. The van der Waals surface area contributed by atoms with E-state index in [2.05, 4.69) is 15.6 Å². The summed E-state index contributed by atoms with van der Waals surface area (Å²) >= 11 is 1.51. The number of hydrogen-bond donors (Lipinski definition) is 3. The van der Waals surface area contributed by atoms with Gasteiger partial charge in [0.2, 0.25) is 10.8 Å². The fourth-order valence-corrected chi connectivity index (χ4v) is 4.36. The standard InChI is InChI=1S/C16H11N3OS/c20-14-13-9-5-1-2-6-10(9)17-15(13)21-16(14)18-11-7-3-4-8-12(11)19-16/h1-8,17-19H. The summed E-state index contributed by atoms with van der Waals surface area (Å²) in [6.07, 6.45) is 0. The molecule has 2 aliphatic rings. The number of aromatic amines is 1. The van der Waals surface area contributed by atoms with Crippen molar-refractivity contribution in [2.75, 3.05) is 10.6 Å². The largest absolute Gasteiger partial charge is 0.349 e. The summed E-state index contributed by atoms with van der Waals surface area (Å²) in [6, 6.07) is 15.8. The number of nitrogens with one attached hydrogen (secondary N) is 3. The van der Waals surface area contributed by atoms with Crippen molar-refractivity contribution in [2.24, 2.45) is 0 Å². The lowest BCUT2D eigenvalue weighted by atomic mass is 10.1.